The highest BCUT2D eigenvalue weighted by Crippen LogP contribution is 2.30. The van der Waals surface area contributed by atoms with Crippen LogP contribution in [-0.4, -0.2) is 15.1 Å². The number of aromatic amines is 1. The summed E-state index contributed by atoms with van der Waals surface area (Å²) in [5, 5.41) is 18.7. The largest absolute Gasteiger partial charge is 0.506 e. The van der Waals surface area contributed by atoms with Gasteiger partial charge in [-0.2, -0.15) is 5.26 Å². The lowest BCUT2D eigenvalue weighted by atomic mass is 9.95. The molecule has 0 aliphatic carbocycles. The van der Waals surface area contributed by atoms with Crippen LogP contribution in [0.5, 0.6) is 5.75 Å². The molecule has 0 spiro atoms. The van der Waals surface area contributed by atoms with E-state index in [9.17, 15) is 5.11 Å². The minimum absolute atomic E-state index is 0.115. The molecule has 1 aromatic heterocycles. The van der Waals surface area contributed by atoms with Crippen LogP contribution in [0.1, 0.15) is 36.2 Å². The molecular weight excluding hydrogens is 262 g/mol. The fraction of sp³-hybridized carbons (Fsp3) is 0.176. The predicted octanol–water partition coefficient (Wildman–Crippen LogP) is 3.68. The highest BCUT2D eigenvalue weighted by Gasteiger charge is 2.17. The molecule has 0 saturated heterocycles. The number of phenols is 1. The number of para-hydroxylation sites is 1. The molecule has 1 atom stereocenters. The number of H-pyrrole nitrogens is 1. The topological polar surface area (TPSA) is 72.7 Å². The van der Waals surface area contributed by atoms with Crippen LogP contribution in [0.4, 0.5) is 0 Å². The fourth-order valence-electron chi connectivity index (χ4n) is 2.58. The molecule has 3 aromatic rings. The van der Waals surface area contributed by atoms with Gasteiger partial charge in [0, 0.05) is 5.92 Å². The molecule has 1 unspecified atom stereocenters. The molecule has 2 aromatic carbocycles. The van der Waals surface area contributed by atoms with Gasteiger partial charge in [-0.3, -0.25) is 0 Å². The zero-order valence-electron chi connectivity index (χ0n) is 11.7. The molecular formula is C17H15N3O. The van der Waals surface area contributed by atoms with Crippen molar-refractivity contribution in [3.05, 3.63) is 59.4 Å². The van der Waals surface area contributed by atoms with E-state index in [0.29, 0.717) is 11.1 Å². The van der Waals surface area contributed by atoms with Crippen molar-refractivity contribution in [2.45, 2.75) is 19.3 Å². The highest BCUT2D eigenvalue weighted by molar-refractivity contribution is 5.81. The summed E-state index contributed by atoms with van der Waals surface area (Å²) in [5.41, 5.74) is 3.18. The van der Waals surface area contributed by atoms with Crippen molar-refractivity contribution < 1.29 is 5.11 Å². The third kappa shape index (κ3) is 2.34. The van der Waals surface area contributed by atoms with Crippen LogP contribution in [0, 0.1) is 11.3 Å². The lowest BCUT2D eigenvalue weighted by molar-refractivity contribution is 0.480. The number of phenolic OH excluding ortho intramolecular Hbond substituents is 1. The van der Waals surface area contributed by atoms with Crippen molar-refractivity contribution >= 4 is 11.0 Å². The second-order valence-corrected chi connectivity index (χ2v) is 4.99. The number of nitrogens with zero attached hydrogens (tertiary/aromatic N) is 2. The molecule has 0 amide bonds. The number of benzene rings is 2. The van der Waals surface area contributed by atoms with Crippen molar-refractivity contribution in [1.82, 2.24) is 9.97 Å². The average Bonchev–Trinajstić information content (AvgIpc) is 2.94. The number of rotatable bonds is 3. The van der Waals surface area contributed by atoms with Gasteiger partial charge in [0.05, 0.1) is 17.1 Å². The summed E-state index contributed by atoms with van der Waals surface area (Å²) in [4.78, 5) is 7.81. The molecule has 0 fully saturated rings. The Balaban J connectivity index is 2.05. The molecule has 3 rings (SSSR count). The van der Waals surface area contributed by atoms with Gasteiger partial charge in [0.15, 0.2) is 0 Å². The van der Waals surface area contributed by atoms with Crippen LogP contribution in [0.25, 0.3) is 11.0 Å². The van der Waals surface area contributed by atoms with Crippen LogP contribution < -0.4 is 0 Å². The van der Waals surface area contributed by atoms with Gasteiger partial charge >= 0.3 is 0 Å². The Morgan fingerprint density at radius 3 is 2.62 bits per heavy atom. The average molecular weight is 277 g/mol. The Hall–Kier alpha value is -2.80. The summed E-state index contributed by atoms with van der Waals surface area (Å²) in [6.07, 6.45) is 0.881. The Labute approximate surface area is 122 Å². The Bertz CT molecular complexity index is 812. The maximum Gasteiger partial charge on any atom is 0.143 e. The number of aromatic hydroxyl groups is 1. The van der Waals surface area contributed by atoms with Gasteiger partial charge in [-0.1, -0.05) is 25.1 Å². The van der Waals surface area contributed by atoms with E-state index in [2.05, 4.69) is 23.0 Å². The van der Waals surface area contributed by atoms with E-state index >= 15 is 0 Å². The second kappa shape index (κ2) is 5.29. The van der Waals surface area contributed by atoms with Gasteiger partial charge in [-0.25, -0.2) is 4.98 Å². The van der Waals surface area contributed by atoms with Gasteiger partial charge in [0.25, 0.3) is 0 Å². The first-order chi connectivity index (χ1) is 10.2. The third-order valence-electron chi connectivity index (χ3n) is 3.69. The number of nitrogens with one attached hydrogen (secondary N) is 1. The van der Waals surface area contributed by atoms with Gasteiger partial charge < -0.3 is 10.1 Å². The van der Waals surface area contributed by atoms with E-state index in [-0.39, 0.29) is 11.7 Å². The van der Waals surface area contributed by atoms with E-state index in [1.54, 1.807) is 12.1 Å². The highest BCUT2D eigenvalue weighted by atomic mass is 16.3. The molecule has 1 heterocycles. The first kappa shape index (κ1) is 13.2. The fourth-order valence-corrected chi connectivity index (χ4v) is 2.58. The summed E-state index contributed by atoms with van der Waals surface area (Å²) in [5.74, 6) is 1.13. The van der Waals surface area contributed by atoms with E-state index < -0.39 is 0 Å². The van der Waals surface area contributed by atoms with Crippen molar-refractivity contribution in [2.75, 3.05) is 0 Å². The maximum atomic E-state index is 9.86. The summed E-state index contributed by atoms with van der Waals surface area (Å²) < 4.78 is 0. The molecule has 0 radical (unpaired) electrons. The smallest absolute Gasteiger partial charge is 0.143 e. The number of hydrogen-bond donors (Lipinski definition) is 2. The van der Waals surface area contributed by atoms with Crippen molar-refractivity contribution in [3.63, 3.8) is 0 Å². The Kier molecular flexibility index (Phi) is 3.33. The molecule has 104 valence electrons. The van der Waals surface area contributed by atoms with Crippen LogP contribution in [-0.2, 0) is 0 Å². The van der Waals surface area contributed by atoms with Gasteiger partial charge in [0.1, 0.15) is 17.1 Å². The Morgan fingerprint density at radius 2 is 2.00 bits per heavy atom. The second-order valence-electron chi connectivity index (χ2n) is 4.99. The third-order valence-corrected chi connectivity index (χ3v) is 3.69. The monoisotopic (exact) mass is 277 g/mol. The lowest BCUT2D eigenvalue weighted by Crippen LogP contribution is -2.02. The van der Waals surface area contributed by atoms with Crippen LogP contribution >= 0.6 is 0 Å². The van der Waals surface area contributed by atoms with Crippen molar-refractivity contribution in [1.29, 1.82) is 5.26 Å². The molecule has 0 saturated carbocycles. The summed E-state index contributed by atoms with van der Waals surface area (Å²) >= 11 is 0. The number of imidazole rings is 1. The molecule has 4 nitrogen and oxygen atoms in total. The van der Waals surface area contributed by atoms with Crippen LogP contribution in [0.3, 0.4) is 0 Å². The van der Waals surface area contributed by atoms with Gasteiger partial charge in [0.2, 0.25) is 0 Å². The van der Waals surface area contributed by atoms with E-state index in [1.807, 2.05) is 30.3 Å². The molecule has 0 bridgehead atoms. The number of nitriles is 1. The molecule has 4 heteroatoms. The predicted molar refractivity (Wildman–Crippen MR) is 81.0 cm³/mol. The van der Waals surface area contributed by atoms with E-state index in [4.69, 9.17) is 5.26 Å². The molecule has 21 heavy (non-hydrogen) atoms. The SMILES string of the molecule is CCC(c1ccc(C#N)cc1)c1nc2c(O)cccc2[nH]1. The maximum absolute atomic E-state index is 9.86. The standard InChI is InChI=1S/C17H15N3O/c1-2-13(12-8-6-11(10-18)7-9-12)17-19-14-4-3-5-15(21)16(14)20-17/h3-9,13,21H,2H2,1H3,(H,19,20). The normalized spacial score (nSPS) is 12.2. The van der Waals surface area contributed by atoms with E-state index in [0.717, 1.165) is 23.3 Å². The molecule has 0 aliphatic rings. The minimum atomic E-state index is 0.115. The summed E-state index contributed by atoms with van der Waals surface area (Å²) in [6.45, 7) is 2.09. The van der Waals surface area contributed by atoms with Gasteiger partial charge in [-0.15, -0.1) is 0 Å². The number of fused-ring (bicyclic) bond motifs is 1. The quantitative estimate of drug-likeness (QED) is 0.767. The van der Waals surface area contributed by atoms with Crippen molar-refractivity contribution in [2.24, 2.45) is 0 Å². The minimum Gasteiger partial charge on any atom is -0.506 e. The van der Waals surface area contributed by atoms with E-state index in [1.165, 1.54) is 0 Å². The zero-order chi connectivity index (χ0) is 14.8. The van der Waals surface area contributed by atoms with Crippen LogP contribution in [0.15, 0.2) is 42.5 Å². The molecule has 2 N–H and O–H groups in total. The lowest BCUT2D eigenvalue weighted by Gasteiger charge is -2.12. The number of hydrogen-bond acceptors (Lipinski definition) is 3. The zero-order valence-corrected chi connectivity index (χ0v) is 11.7. The van der Waals surface area contributed by atoms with Crippen molar-refractivity contribution in [3.8, 4) is 11.8 Å². The Morgan fingerprint density at radius 1 is 1.24 bits per heavy atom. The first-order valence-corrected chi connectivity index (χ1v) is 6.90. The summed E-state index contributed by atoms with van der Waals surface area (Å²) in [6, 6.07) is 15.0. The first-order valence-electron chi connectivity index (χ1n) is 6.90. The summed E-state index contributed by atoms with van der Waals surface area (Å²) in [7, 11) is 0. The van der Waals surface area contributed by atoms with Gasteiger partial charge in [-0.05, 0) is 36.2 Å². The number of aromatic nitrogens is 2. The molecule has 0 aliphatic heterocycles. The van der Waals surface area contributed by atoms with Crippen LogP contribution in [0.2, 0.25) is 0 Å².